The number of fused-ring (bicyclic) bond motifs is 5. The highest BCUT2D eigenvalue weighted by atomic mass is 16.3. The van der Waals surface area contributed by atoms with Crippen molar-refractivity contribution in [1.29, 1.82) is 0 Å². The second-order valence-electron chi connectivity index (χ2n) is 13.9. The lowest BCUT2D eigenvalue weighted by Gasteiger charge is -2.68. The van der Waals surface area contributed by atoms with Crippen molar-refractivity contribution in [1.82, 2.24) is 0 Å². The van der Waals surface area contributed by atoms with E-state index in [1.807, 2.05) is 6.92 Å². The van der Waals surface area contributed by atoms with Crippen LogP contribution in [0, 0.1) is 45.3 Å². The SMILES string of the molecule is CC(C)=CCCC(C)(O)C1CC[C@]2(C)C1C(=O)CC1[C@@]3(C)CC=CC(C)(C)C3CC[C@]12C. The molecular formula is C30H48O2. The van der Waals surface area contributed by atoms with E-state index in [0.29, 0.717) is 24.0 Å². The van der Waals surface area contributed by atoms with Crippen LogP contribution < -0.4 is 0 Å². The van der Waals surface area contributed by atoms with E-state index >= 15 is 0 Å². The second kappa shape index (κ2) is 7.56. The Kier molecular flexibility index (Phi) is 5.72. The predicted octanol–water partition coefficient (Wildman–Crippen LogP) is 7.51. The first-order valence-corrected chi connectivity index (χ1v) is 13.3. The highest BCUT2D eigenvalue weighted by Crippen LogP contribution is 2.74. The van der Waals surface area contributed by atoms with E-state index in [-0.39, 0.29) is 33.5 Å². The lowest BCUT2D eigenvalue weighted by Crippen LogP contribution is -2.64. The molecule has 4 rings (SSSR count). The van der Waals surface area contributed by atoms with Crippen LogP contribution >= 0.6 is 0 Å². The number of allylic oxidation sites excluding steroid dienone is 4. The van der Waals surface area contributed by atoms with Gasteiger partial charge in [-0.15, -0.1) is 0 Å². The van der Waals surface area contributed by atoms with Gasteiger partial charge in [-0.05, 0) is 105 Å². The van der Waals surface area contributed by atoms with Gasteiger partial charge in [-0.2, -0.15) is 0 Å². The normalized spacial score (nSPS) is 46.6. The first kappa shape index (κ1) is 24.2. The minimum Gasteiger partial charge on any atom is -0.390 e. The largest absolute Gasteiger partial charge is 0.390 e. The molecule has 4 aliphatic rings. The number of hydrogen-bond acceptors (Lipinski definition) is 2. The Balaban J connectivity index is 1.68. The topological polar surface area (TPSA) is 37.3 Å². The summed E-state index contributed by atoms with van der Waals surface area (Å²) < 4.78 is 0. The van der Waals surface area contributed by atoms with Crippen LogP contribution in [0.1, 0.15) is 107 Å². The molecule has 0 spiro atoms. The highest BCUT2D eigenvalue weighted by molar-refractivity contribution is 5.84. The average Bonchev–Trinajstić information content (AvgIpc) is 3.03. The molecule has 3 fully saturated rings. The van der Waals surface area contributed by atoms with Gasteiger partial charge in [0.15, 0.2) is 0 Å². The first-order valence-electron chi connectivity index (χ1n) is 13.3. The monoisotopic (exact) mass is 440 g/mol. The number of carbonyl (C=O) groups excluding carboxylic acids is 1. The van der Waals surface area contributed by atoms with E-state index in [1.54, 1.807) is 0 Å². The molecule has 5 unspecified atom stereocenters. The molecule has 2 nitrogen and oxygen atoms in total. The van der Waals surface area contributed by atoms with Crippen LogP contribution in [0.3, 0.4) is 0 Å². The van der Waals surface area contributed by atoms with Gasteiger partial charge in [-0.1, -0.05) is 58.4 Å². The molecule has 0 aliphatic heterocycles. The van der Waals surface area contributed by atoms with E-state index in [0.717, 1.165) is 32.1 Å². The minimum atomic E-state index is -0.774. The Bertz CT molecular complexity index is 828. The third-order valence-corrected chi connectivity index (χ3v) is 11.4. The molecule has 0 bridgehead atoms. The van der Waals surface area contributed by atoms with Crippen molar-refractivity contribution >= 4 is 5.78 Å². The van der Waals surface area contributed by atoms with Crippen LogP contribution in [-0.4, -0.2) is 16.5 Å². The van der Waals surface area contributed by atoms with Gasteiger partial charge in [0.05, 0.1) is 5.60 Å². The summed E-state index contributed by atoms with van der Waals surface area (Å²) in [4.78, 5) is 14.0. The van der Waals surface area contributed by atoms with Gasteiger partial charge in [-0.25, -0.2) is 0 Å². The molecule has 0 saturated heterocycles. The Morgan fingerprint density at radius 3 is 2.41 bits per heavy atom. The Hall–Kier alpha value is -0.890. The van der Waals surface area contributed by atoms with Gasteiger partial charge in [0, 0.05) is 12.3 Å². The van der Waals surface area contributed by atoms with Crippen molar-refractivity contribution in [2.45, 2.75) is 112 Å². The fraction of sp³-hybridized carbons (Fsp3) is 0.833. The van der Waals surface area contributed by atoms with Crippen molar-refractivity contribution in [2.24, 2.45) is 45.3 Å². The molecule has 1 N–H and O–H groups in total. The van der Waals surface area contributed by atoms with E-state index in [4.69, 9.17) is 0 Å². The average molecular weight is 441 g/mol. The van der Waals surface area contributed by atoms with Crippen molar-refractivity contribution in [2.75, 3.05) is 0 Å². The number of Topliss-reactive ketones (excluding diaryl/α,β-unsaturated/α-hetero) is 1. The van der Waals surface area contributed by atoms with Crippen LogP contribution in [0.25, 0.3) is 0 Å². The van der Waals surface area contributed by atoms with Crippen molar-refractivity contribution in [3.63, 3.8) is 0 Å². The number of ketones is 1. The molecule has 0 aromatic rings. The molecule has 0 aromatic carbocycles. The van der Waals surface area contributed by atoms with Gasteiger partial charge >= 0.3 is 0 Å². The second-order valence-corrected chi connectivity index (χ2v) is 13.9. The van der Waals surface area contributed by atoms with E-state index in [9.17, 15) is 9.90 Å². The Morgan fingerprint density at radius 2 is 1.75 bits per heavy atom. The van der Waals surface area contributed by atoms with Gasteiger partial charge in [-0.3, -0.25) is 4.79 Å². The molecule has 32 heavy (non-hydrogen) atoms. The number of rotatable bonds is 4. The zero-order valence-electron chi connectivity index (χ0n) is 22.1. The maximum Gasteiger partial charge on any atom is 0.137 e. The van der Waals surface area contributed by atoms with E-state index in [1.165, 1.54) is 18.4 Å². The summed E-state index contributed by atoms with van der Waals surface area (Å²) in [7, 11) is 0. The summed E-state index contributed by atoms with van der Waals surface area (Å²) in [5, 5.41) is 11.6. The van der Waals surface area contributed by atoms with Crippen LogP contribution in [0.2, 0.25) is 0 Å². The van der Waals surface area contributed by atoms with Crippen molar-refractivity contribution in [3.8, 4) is 0 Å². The molecule has 0 amide bonds. The summed E-state index contributed by atoms with van der Waals surface area (Å²) in [6.45, 7) is 18.5. The molecule has 0 heterocycles. The van der Waals surface area contributed by atoms with Crippen molar-refractivity contribution < 1.29 is 9.90 Å². The summed E-state index contributed by atoms with van der Waals surface area (Å²) >= 11 is 0. The summed E-state index contributed by atoms with van der Waals surface area (Å²) in [6.07, 6.45) is 15.1. The molecule has 3 saturated carbocycles. The smallest absolute Gasteiger partial charge is 0.137 e. The fourth-order valence-corrected chi connectivity index (χ4v) is 9.58. The maximum absolute atomic E-state index is 14.0. The highest BCUT2D eigenvalue weighted by Gasteiger charge is 2.70. The van der Waals surface area contributed by atoms with E-state index < -0.39 is 5.60 Å². The van der Waals surface area contributed by atoms with Crippen LogP contribution in [0.15, 0.2) is 23.8 Å². The maximum atomic E-state index is 14.0. The van der Waals surface area contributed by atoms with Crippen LogP contribution in [0.4, 0.5) is 0 Å². The standard InChI is InChI=1S/C30H48O2/c1-20(2)11-9-16-30(8,32)21-12-17-29(7)25(21)22(31)19-24-27(5)15-10-14-26(3,4)23(27)13-18-28(24,29)6/h10-11,14,21,23-25,32H,9,12-13,15-19H2,1-8H3/t21?,23?,24?,25?,27-,28+,29+,30?/m0/s1. The summed E-state index contributed by atoms with van der Waals surface area (Å²) in [5.74, 6) is 1.65. The molecular weight excluding hydrogens is 392 g/mol. The molecule has 180 valence electrons. The number of aliphatic hydroxyl groups is 1. The summed E-state index contributed by atoms with van der Waals surface area (Å²) in [5.41, 5.74) is 1.10. The lowest BCUT2D eigenvalue weighted by atomic mass is 9.36. The Labute approximate surface area is 197 Å². The predicted molar refractivity (Wildman–Crippen MR) is 133 cm³/mol. The number of hydrogen-bond donors (Lipinski definition) is 1. The first-order chi connectivity index (χ1) is 14.7. The minimum absolute atomic E-state index is 0.00253. The molecule has 0 aromatic heterocycles. The molecule has 2 heteroatoms. The van der Waals surface area contributed by atoms with Gasteiger partial charge in [0.25, 0.3) is 0 Å². The van der Waals surface area contributed by atoms with Gasteiger partial charge in [0.2, 0.25) is 0 Å². The van der Waals surface area contributed by atoms with Crippen LogP contribution in [0.5, 0.6) is 0 Å². The third-order valence-electron chi connectivity index (χ3n) is 11.4. The van der Waals surface area contributed by atoms with Gasteiger partial charge in [0.1, 0.15) is 5.78 Å². The quantitative estimate of drug-likeness (QED) is 0.459. The zero-order chi connectivity index (χ0) is 23.7. The number of carbonyl (C=O) groups is 1. The van der Waals surface area contributed by atoms with Crippen molar-refractivity contribution in [3.05, 3.63) is 23.8 Å². The van der Waals surface area contributed by atoms with Crippen LogP contribution in [-0.2, 0) is 4.79 Å². The third kappa shape index (κ3) is 3.33. The lowest BCUT2D eigenvalue weighted by molar-refractivity contribution is -0.195. The molecule has 4 aliphatic carbocycles. The fourth-order valence-electron chi connectivity index (χ4n) is 9.58. The Morgan fingerprint density at radius 1 is 1.09 bits per heavy atom. The van der Waals surface area contributed by atoms with Gasteiger partial charge < -0.3 is 5.11 Å². The van der Waals surface area contributed by atoms with E-state index in [2.05, 4.69) is 66.7 Å². The zero-order valence-corrected chi connectivity index (χ0v) is 22.1. The summed E-state index contributed by atoms with van der Waals surface area (Å²) in [6, 6.07) is 0. The molecule has 0 radical (unpaired) electrons. The molecule has 8 atom stereocenters.